The first kappa shape index (κ1) is 21.3. The van der Waals surface area contributed by atoms with E-state index < -0.39 is 44.5 Å². The van der Waals surface area contributed by atoms with Crippen molar-refractivity contribution in [3.8, 4) is 0 Å². The van der Waals surface area contributed by atoms with Crippen molar-refractivity contribution in [1.29, 1.82) is 0 Å². The molecule has 17 heavy (non-hydrogen) atoms. The molecule has 1 rings (SSSR count). The molecule has 0 aliphatic carbocycles. The zero-order chi connectivity index (χ0) is 11.8. The van der Waals surface area contributed by atoms with Crippen LogP contribution in [-0.4, -0.2) is 67.1 Å². The Balaban J connectivity index is -0.000000281. The van der Waals surface area contributed by atoms with Crippen LogP contribution in [0.1, 0.15) is 2.85 Å². The van der Waals surface area contributed by atoms with E-state index in [1.54, 1.807) is 0 Å². The van der Waals surface area contributed by atoms with Crippen LogP contribution in [0.5, 0.6) is 0 Å². The molecule has 1 fully saturated rings. The predicted octanol–water partition coefficient (Wildman–Crippen LogP) is -8.80. The van der Waals surface area contributed by atoms with Gasteiger partial charge in [0, 0.05) is 0 Å². The normalized spacial score (nSPS) is 37.9. The molecule has 1 saturated heterocycles. The maximum atomic E-state index is 10.6. The zero-order valence-electron chi connectivity index (χ0n) is 11.5. The van der Waals surface area contributed by atoms with Crippen molar-refractivity contribution in [3.63, 3.8) is 0 Å². The van der Waals surface area contributed by atoms with Gasteiger partial charge in [-0.15, -0.1) is 0 Å². The van der Waals surface area contributed by atoms with E-state index in [1.807, 2.05) is 0 Å². The summed E-state index contributed by atoms with van der Waals surface area (Å²) in [6.45, 7) is 0. The summed E-state index contributed by atoms with van der Waals surface area (Å²) >= 11 is 0. The van der Waals surface area contributed by atoms with E-state index in [0.717, 1.165) is 0 Å². The van der Waals surface area contributed by atoms with Crippen molar-refractivity contribution in [2.24, 2.45) is 0 Å². The molecule has 94 valence electrons. The minimum absolute atomic E-state index is 0. The monoisotopic (exact) mass is 292 g/mol. The Labute approximate surface area is 145 Å². The minimum Gasteiger partial charge on any atom is -1.00 e. The molecule has 6 N–H and O–H groups in total. The fourth-order valence-electron chi connectivity index (χ4n) is 1.32. The van der Waals surface area contributed by atoms with Crippen molar-refractivity contribution in [3.05, 3.63) is 0 Å². The van der Waals surface area contributed by atoms with E-state index in [-0.39, 0.29) is 62.0 Å². The standard InChI is InChI=1S/C6H13O8P.2Na.2H/c7-3-2(1-15(11,12)13)14-6(10)5(9)4(3)8;;;;/h2-10H,1H2,(H2,11,12,13);;;;/q;2*+1;2*-1/t2-,3-,4+,5+,6+;;;;/m1..../s1. The van der Waals surface area contributed by atoms with Crippen LogP contribution in [-0.2, 0) is 9.30 Å². The van der Waals surface area contributed by atoms with E-state index >= 15 is 0 Å². The quantitative estimate of drug-likeness (QED) is 0.217. The second kappa shape index (κ2) is 8.28. The van der Waals surface area contributed by atoms with Gasteiger partial charge in [-0.1, -0.05) is 0 Å². The molecule has 0 amide bonds. The van der Waals surface area contributed by atoms with Gasteiger partial charge in [-0.25, -0.2) is 0 Å². The van der Waals surface area contributed by atoms with Crippen LogP contribution in [0.4, 0.5) is 0 Å². The maximum absolute atomic E-state index is 10.6. The van der Waals surface area contributed by atoms with Crippen molar-refractivity contribution >= 4 is 7.60 Å². The van der Waals surface area contributed by atoms with Crippen LogP contribution in [0.3, 0.4) is 0 Å². The molecule has 8 nitrogen and oxygen atoms in total. The van der Waals surface area contributed by atoms with E-state index in [4.69, 9.17) is 20.0 Å². The molecular weight excluding hydrogens is 277 g/mol. The van der Waals surface area contributed by atoms with Crippen LogP contribution in [0.2, 0.25) is 0 Å². The van der Waals surface area contributed by atoms with Crippen molar-refractivity contribution < 1.29 is 101 Å². The van der Waals surface area contributed by atoms with Gasteiger partial charge >= 0.3 is 66.7 Å². The molecule has 5 atom stereocenters. The molecule has 0 aromatic heterocycles. The van der Waals surface area contributed by atoms with Gasteiger partial charge in [0.2, 0.25) is 0 Å². The third-order valence-electron chi connectivity index (χ3n) is 2.10. The van der Waals surface area contributed by atoms with Crippen molar-refractivity contribution in [2.75, 3.05) is 6.16 Å². The number of ether oxygens (including phenoxy) is 1. The zero-order valence-corrected chi connectivity index (χ0v) is 14.4. The Morgan fingerprint density at radius 3 is 1.88 bits per heavy atom. The molecule has 0 aromatic carbocycles. The molecule has 0 saturated carbocycles. The van der Waals surface area contributed by atoms with E-state index in [2.05, 4.69) is 4.74 Å². The fraction of sp³-hybridized carbons (Fsp3) is 1.00. The molecule has 0 unspecified atom stereocenters. The first-order valence-corrected chi connectivity index (χ1v) is 5.94. The van der Waals surface area contributed by atoms with E-state index in [1.165, 1.54) is 0 Å². The van der Waals surface area contributed by atoms with Gasteiger partial charge in [0.15, 0.2) is 6.29 Å². The summed E-state index contributed by atoms with van der Waals surface area (Å²) in [5.74, 6) is 0. The molecule has 0 spiro atoms. The molecule has 0 radical (unpaired) electrons. The van der Waals surface area contributed by atoms with E-state index in [0.29, 0.717) is 0 Å². The van der Waals surface area contributed by atoms with Gasteiger partial charge in [-0.2, -0.15) is 0 Å². The van der Waals surface area contributed by atoms with E-state index in [9.17, 15) is 14.8 Å². The average molecular weight is 292 g/mol. The average Bonchev–Trinajstić information content (AvgIpc) is 2.08. The summed E-state index contributed by atoms with van der Waals surface area (Å²) in [5.41, 5.74) is 0. The van der Waals surface area contributed by atoms with Gasteiger partial charge in [0.25, 0.3) is 0 Å². The summed E-state index contributed by atoms with van der Waals surface area (Å²) in [6.07, 6.45) is -9.09. The molecule has 1 heterocycles. The largest absolute Gasteiger partial charge is 1.00 e. The first-order chi connectivity index (χ1) is 6.72. The maximum Gasteiger partial charge on any atom is 1.00 e. The molecule has 0 aromatic rings. The Morgan fingerprint density at radius 2 is 1.47 bits per heavy atom. The van der Waals surface area contributed by atoms with Gasteiger partial charge in [0.05, 0.1) is 6.16 Å². The fourth-order valence-corrected chi connectivity index (χ4v) is 2.09. The molecule has 11 heteroatoms. The van der Waals surface area contributed by atoms with Gasteiger partial charge in [-0.05, 0) is 0 Å². The number of aliphatic hydroxyl groups excluding tert-OH is 4. The van der Waals surface area contributed by atoms with Crippen LogP contribution in [0.15, 0.2) is 0 Å². The Bertz CT molecular complexity index is 282. The molecule has 0 bridgehead atoms. The van der Waals surface area contributed by atoms with Crippen LogP contribution in [0, 0.1) is 0 Å². The second-order valence-electron chi connectivity index (χ2n) is 3.38. The van der Waals surface area contributed by atoms with Crippen molar-refractivity contribution in [2.45, 2.75) is 30.7 Å². The van der Waals surface area contributed by atoms with Crippen LogP contribution < -0.4 is 59.1 Å². The third kappa shape index (κ3) is 6.29. The third-order valence-corrected chi connectivity index (χ3v) is 2.94. The number of hydrogen-bond acceptors (Lipinski definition) is 6. The van der Waals surface area contributed by atoms with Gasteiger partial charge in [-0.3, -0.25) is 4.57 Å². The summed E-state index contributed by atoms with van der Waals surface area (Å²) in [5, 5.41) is 36.6. The van der Waals surface area contributed by atoms with Crippen LogP contribution >= 0.6 is 7.60 Å². The van der Waals surface area contributed by atoms with Crippen LogP contribution in [0.25, 0.3) is 0 Å². The topological polar surface area (TPSA) is 148 Å². The van der Waals surface area contributed by atoms with Gasteiger partial charge in [0.1, 0.15) is 24.4 Å². The summed E-state index contributed by atoms with van der Waals surface area (Å²) < 4.78 is 15.2. The summed E-state index contributed by atoms with van der Waals surface area (Å²) in [7, 11) is -4.43. The summed E-state index contributed by atoms with van der Waals surface area (Å²) in [6, 6.07) is 0. The van der Waals surface area contributed by atoms with Gasteiger partial charge < -0.3 is 37.8 Å². The predicted molar refractivity (Wildman–Crippen MR) is 48.0 cm³/mol. The SMILES string of the molecule is O=P(O)(O)C[C@H]1O[C@H](O)[C@@H](O)[C@@H](O)[C@@H]1O.[H-].[H-].[Na+].[Na+]. The van der Waals surface area contributed by atoms with Crippen molar-refractivity contribution in [1.82, 2.24) is 0 Å². The Morgan fingerprint density at radius 1 is 1.00 bits per heavy atom. The Kier molecular flexibility index (Phi) is 10.4. The molecule has 1 aliphatic rings. The number of hydrogen-bond donors (Lipinski definition) is 6. The number of rotatable bonds is 2. The smallest absolute Gasteiger partial charge is 1.00 e. The molecular formula is C6H15Na2O8P. The Hall–Kier alpha value is 1.95. The summed E-state index contributed by atoms with van der Waals surface area (Å²) in [4.78, 5) is 17.2. The second-order valence-corrected chi connectivity index (χ2v) is 5.08. The minimum atomic E-state index is -4.43. The number of aliphatic hydroxyl groups is 4. The molecule has 1 aliphatic heterocycles. The first-order valence-electron chi connectivity index (χ1n) is 4.14.